The van der Waals surface area contributed by atoms with Crippen LogP contribution in [-0.2, 0) is 0 Å². The summed E-state index contributed by atoms with van der Waals surface area (Å²) in [6.45, 7) is 46.5. The Hall–Kier alpha value is 0. The Kier molecular flexibility index (Phi) is 14.1. The molecule has 2 rings (SSSR count). The van der Waals surface area contributed by atoms with Gasteiger partial charge in [0.05, 0.1) is 0 Å². The molecule has 0 aliphatic heterocycles. The lowest BCUT2D eigenvalue weighted by molar-refractivity contribution is -0.121. The molecule has 262 valence electrons. The van der Waals surface area contributed by atoms with Crippen LogP contribution in [0.4, 0.5) is 0 Å². The summed E-state index contributed by atoms with van der Waals surface area (Å²) in [6.07, 6.45) is 14.1. The van der Waals surface area contributed by atoms with Crippen LogP contribution in [0.3, 0.4) is 0 Å². The summed E-state index contributed by atoms with van der Waals surface area (Å²) in [6, 6.07) is 0. The van der Waals surface area contributed by atoms with Crippen LogP contribution in [0, 0.1) is 92.7 Å². The average molecular weight is 615 g/mol. The molecule has 0 amide bonds. The Morgan fingerprint density at radius 3 is 1.73 bits per heavy atom. The maximum Gasteiger partial charge on any atom is -0.0187 e. The minimum absolute atomic E-state index is 0.381. The van der Waals surface area contributed by atoms with E-state index < -0.39 is 0 Å². The van der Waals surface area contributed by atoms with Crippen molar-refractivity contribution in [3.05, 3.63) is 0 Å². The summed E-state index contributed by atoms with van der Waals surface area (Å²) in [4.78, 5) is 0. The van der Waals surface area contributed by atoms with Crippen molar-refractivity contribution in [2.24, 2.45) is 92.7 Å². The van der Waals surface area contributed by atoms with E-state index in [0.717, 1.165) is 71.0 Å². The molecule has 2 fully saturated rings. The fourth-order valence-electron chi connectivity index (χ4n) is 12.8. The molecule has 0 aromatic heterocycles. The Bertz CT molecular complexity index is 842. The molecule has 10 unspecified atom stereocenters. The minimum atomic E-state index is 0.381. The van der Waals surface area contributed by atoms with Gasteiger partial charge >= 0.3 is 0 Å². The number of hydrogen-bond donors (Lipinski definition) is 0. The first kappa shape index (κ1) is 40.2. The molecule has 0 N–H and O–H groups in total. The second kappa shape index (κ2) is 15.5. The molecule has 0 saturated heterocycles. The normalized spacial score (nSPS) is 30.9. The molecule has 0 aromatic rings. The smallest absolute Gasteiger partial charge is 0.0187 e. The zero-order valence-electron chi connectivity index (χ0n) is 34.0. The molecule has 0 nitrogen and oxygen atoms in total. The van der Waals surface area contributed by atoms with Crippen molar-refractivity contribution >= 4 is 0 Å². The fourth-order valence-corrected chi connectivity index (χ4v) is 12.8. The van der Waals surface area contributed by atoms with Crippen LogP contribution < -0.4 is 0 Å². The van der Waals surface area contributed by atoms with Crippen molar-refractivity contribution in [3.63, 3.8) is 0 Å². The van der Waals surface area contributed by atoms with Crippen LogP contribution in [0.2, 0.25) is 0 Å². The second-order valence-electron chi connectivity index (χ2n) is 19.7. The van der Waals surface area contributed by atoms with Crippen LogP contribution in [0.15, 0.2) is 0 Å². The van der Waals surface area contributed by atoms with Gasteiger partial charge in [0.15, 0.2) is 0 Å². The van der Waals surface area contributed by atoms with Crippen molar-refractivity contribution in [1.82, 2.24) is 0 Å². The monoisotopic (exact) mass is 615 g/mol. The van der Waals surface area contributed by atoms with Gasteiger partial charge in [0.25, 0.3) is 0 Å². The Balaban J connectivity index is 2.62. The molecule has 0 heterocycles. The Morgan fingerprint density at radius 2 is 1.30 bits per heavy atom. The van der Waals surface area contributed by atoms with Crippen molar-refractivity contribution in [2.45, 2.75) is 189 Å². The molecule has 2 aliphatic carbocycles. The Labute approximate surface area is 280 Å². The molecule has 2 aliphatic rings. The highest BCUT2D eigenvalue weighted by atomic mass is 14.7. The van der Waals surface area contributed by atoms with Gasteiger partial charge in [-0.25, -0.2) is 0 Å². The summed E-state index contributed by atoms with van der Waals surface area (Å²) in [5.74, 6) is 9.68. The second-order valence-corrected chi connectivity index (χ2v) is 19.7. The van der Waals surface area contributed by atoms with Gasteiger partial charge in [-0.15, -0.1) is 0 Å². The lowest BCUT2D eigenvalue weighted by Crippen LogP contribution is -2.54. The molecule has 0 aromatic carbocycles. The van der Waals surface area contributed by atoms with E-state index in [2.05, 4.69) is 125 Å². The van der Waals surface area contributed by atoms with Crippen LogP contribution in [0.1, 0.15) is 189 Å². The highest BCUT2D eigenvalue weighted by Gasteiger charge is 2.68. The molecular formula is C44H86. The first-order chi connectivity index (χ1) is 20.2. The molecule has 10 atom stereocenters. The van der Waals surface area contributed by atoms with Crippen LogP contribution in [0.25, 0.3) is 0 Å². The number of fused-ring (bicyclic) bond motifs is 2. The van der Waals surface area contributed by atoms with Gasteiger partial charge in [-0.2, -0.15) is 0 Å². The average Bonchev–Trinajstić information content (AvgIpc) is 3.41. The Morgan fingerprint density at radius 1 is 0.727 bits per heavy atom. The van der Waals surface area contributed by atoms with Crippen LogP contribution in [-0.4, -0.2) is 0 Å². The maximum absolute atomic E-state index is 2.78. The third-order valence-corrected chi connectivity index (χ3v) is 16.2. The maximum atomic E-state index is 2.78. The van der Waals surface area contributed by atoms with Crippen molar-refractivity contribution < 1.29 is 0 Å². The van der Waals surface area contributed by atoms with Gasteiger partial charge in [-0.1, -0.05) is 144 Å². The van der Waals surface area contributed by atoms with Crippen LogP contribution in [0.5, 0.6) is 0 Å². The van der Waals surface area contributed by atoms with E-state index >= 15 is 0 Å². The molecule has 0 spiro atoms. The summed E-state index contributed by atoms with van der Waals surface area (Å²) in [5.41, 5.74) is 1.73. The first-order valence-corrected chi connectivity index (χ1v) is 20.2. The van der Waals surface area contributed by atoms with Gasteiger partial charge in [0.2, 0.25) is 0 Å². The third-order valence-electron chi connectivity index (χ3n) is 16.2. The molecular weight excluding hydrogens is 528 g/mol. The van der Waals surface area contributed by atoms with Gasteiger partial charge in [0.1, 0.15) is 0 Å². The minimum Gasteiger partial charge on any atom is -0.0651 e. The standard InChI is InChI=1S/C44H86/c1-19-34(13)41(17,18)28-42(31(8)9,25-29(4)5)35(14)24-39-37(16)43(26-33(12)40(39)27-43)44(32(10)11,36(15)30(6)7)23-22-38(20-2)21-3/h29-40H,19-28H2,1-18H3. The van der Waals surface area contributed by atoms with Crippen molar-refractivity contribution in [3.8, 4) is 0 Å². The van der Waals surface area contributed by atoms with E-state index in [0.29, 0.717) is 21.7 Å². The summed E-state index contributed by atoms with van der Waals surface area (Å²) in [5, 5.41) is 0. The van der Waals surface area contributed by atoms with E-state index in [9.17, 15) is 0 Å². The largest absolute Gasteiger partial charge is 0.0651 e. The van der Waals surface area contributed by atoms with Gasteiger partial charge in [0, 0.05) is 0 Å². The molecule has 2 saturated carbocycles. The SMILES string of the molecule is CCC(CC)CCC(C(C)C)(C(C)C(C)C)C12CC(C)C(C1)C(CC(C)C(CC(C)C)(CC(C)(C)C(C)CC)C(C)C)C2C. The molecule has 0 heteroatoms. The van der Waals surface area contributed by atoms with E-state index in [1.807, 2.05) is 0 Å². The topological polar surface area (TPSA) is 0 Å². The number of hydrogen-bond acceptors (Lipinski definition) is 0. The van der Waals surface area contributed by atoms with Crippen molar-refractivity contribution in [2.75, 3.05) is 0 Å². The summed E-state index contributed by atoms with van der Waals surface area (Å²) in [7, 11) is 0. The quantitative estimate of drug-likeness (QED) is 0.136. The van der Waals surface area contributed by atoms with Gasteiger partial charge < -0.3 is 0 Å². The predicted octanol–water partition coefficient (Wildman–Crippen LogP) is 14.6. The molecule has 0 radical (unpaired) electrons. The number of rotatable bonds is 19. The third kappa shape index (κ3) is 7.35. The van der Waals surface area contributed by atoms with E-state index in [1.165, 1.54) is 64.2 Å². The highest BCUT2D eigenvalue weighted by molar-refractivity contribution is 5.16. The lowest BCUT2D eigenvalue weighted by atomic mass is 9.44. The molecule has 44 heavy (non-hydrogen) atoms. The van der Waals surface area contributed by atoms with E-state index in [4.69, 9.17) is 0 Å². The van der Waals surface area contributed by atoms with E-state index in [-0.39, 0.29) is 0 Å². The first-order valence-electron chi connectivity index (χ1n) is 20.2. The summed E-state index contributed by atoms with van der Waals surface area (Å²) >= 11 is 0. The van der Waals surface area contributed by atoms with Gasteiger partial charge in [-0.05, 0) is 138 Å². The zero-order chi connectivity index (χ0) is 34.0. The highest BCUT2D eigenvalue weighted by Crippen LogP contribution is 2.75. The van der Waals surface area contributed by atoms with E-state index in [1.54, 1.807) is 0 Å². The van der Waals surface area contributed by atoms with Crippen LogP contribution >= 0.6 is 0 Å². The molecule has 2 bridgehead atoms. The van der Waals surface area contributed by atoms with Gasteiger partial charge in [-0.3, -0.25) is 0 Å². The lowest BCUT2D eigenvalue weighted by Gasteiger charge is -2.60. The fraction of sp³-hybridized carbons (Fsp3) is 1.00. The summed E-state index contributed by atoms with van der Waals surface area (Å²) < 4.78 is 0. The zero-order valence-corrected chi connectivity index (χ0v) is 34.0. The van der Waals surface area contributed by atoms with Crippen molar-refractivity contribution in [1.29, 1.82) is 0 Å². The predicted molar refractivity (Wildman–Crippen MR) is 200 cm³/mol.